The van der Waals surface area contributed by atoms with Gasteiger partial charge in [0.15, 0.2) is 0 Å². The zero-order valence-electron chi connectivity index (χ0n) is 22.9. The van der Waals surface area contributed by atoms with Gasteiger partial charge < -0.3 is 24.8 Å². The van der Waals surface area contributed by atoms with E-state index in [9.17, 15) is 0 Å². The minimum atomic E-state index is -1.12. The molecule has 0 spiro atoms. The van der Waals surface area contributed by atoms with Crippen LogP contribution in [-0.2, 0) is 23.2 Å². The van der Waals surface area contributed by atoms with Crippen molar-refractivity contribution in [3.05, 3.63) is 143 Å². The molecule has 6 aromatic rings. The average Bonchev–Trinajstić information content (AvgIpc) is 3.69. The molecule has 0 saturated heterocycles. The molecule has 2 aliphatic carbocycles. The second-order valence-electron chi connectivity index (χ2n) is 10.8. The molecule has 4 aromatic carbocycles. The first-order chi connectivity index (χ1) is 19.2. The van der Waals surface area contributed by atoms with E-state index in [1.54, 1.807) is 0 Å². The van der Waals surface area contributed by atoms with Crippen LogP contribution in [0.4, 0.5) is 0 Å². The van der Waals surface area contributed by atoms with E-state index in [-0.39, 0.29) is 24.8 Å². The topological polar surface area (TPSA) is 9.86 Å². The summed E-state index contributed by atoms with van der Waals surface area (Å²) in [5, 5.41) is 2.67. The van der Waals surface area contributed by atoms with Gasteiger partial charge in [-0.05, 0) is 0 Å². The van der Waals surface area contributed by atoms with E-state index in [2.05, 4.69) is 144 Å². The average molecular weight is 651 g/mol. The van der Waals surface area contributed by atoms with E-state index < -0.39 is 23.2 Å². The first kappa shape index (κ1) is 28.0. The van der Waals surface area contributed by atoms with Crippen molar-refractivity contribution in [3.63, 3.8) is 0 Å². The summed E-state index contributed by atoms with van der Waals surface area (Å²) in [4.78, 5) is 0. The quantitative estimate of drug-likeness (QED) is 0.278. The summed E-state index contributed by atoms with van der Waals surface area (Å²) in [6, 6.07) is 38.3. The van der Waals surface area contributed by atoms with E-state index in [1.165, 1.54) is 66.7 Å². The molecule has 2 nitrogen and oxygen atoms in total. The van der Waals surface area contributed by atoms with Crippen LogP contribution in [0.15, 0.2) is 109 Å². The molecular formula is C36H28Cl2N2Zr. The Kier molecular flexibility index (Phi) is 7.49. The number of hydrogen-bond donors (Lipinski definition) is 0. The Bertz CT molecular complexity index is 1940. The molecular weight excluding hydrogens is 623 g/mol. The van der Waals surface area contributed by atoms with Gasteiger partial charge in [-0.15, -0.1) is 0 Å². The van der Waals surface area contributed by atoms with Crippen LogP contribution < -0.4 is 24.8 Å². The smallest absolute Gasteiger partial charge is 1.00 e. The van der Waals surface area contributed by atoms with E-state index in [1.807, 2.05) is 0 Å². The van der Waals surface area contributed by atoms with Gasteiger partial charge in [0.1, 0.15) is 0 Å². The predicted molar refractivity (Wildman–Crippen MR) is 160 cm³/mol. The Morgan fingerprint density at radius 1 is 0.585 bits per heavy atom. The summed E-state index contributed by atoms with van der Waals surface area (Å²) in [6.07, 6.45) is 7.26. The van der Waals surface area contributed by atoms with Crippen molar-refractivity contribution in [3.8, 4) is 0 Å². The van der Waals surface area contributed by atoms with Gasteiger partial charge in [0.05, 0.1) is 0 Å². The van der Waals surface area contributed by atoms with Crippen molar-refractivity contribution in [1.29, 1.82) is 0 Å². The van der Waals surface area contributed by atoms with Gasteiger partial charge in [-0.3, -0.25) is 0 Å². The largest absolute Gasteiger partial charge is 1.00 e. The van der Waals surface area contributed by atoms with Crippen LogP contribution in [0.3, 0.4) is 0 Å². The van der Waals surface area contributed by atoms with Crippen LogP contribution in [0.5, 0.6) is 0 Å². The van der Waals surface area contributed by atoms with Crippen LogP contribution in [0.1, 0.15) is 40.8 Å². The monoisotopic (exact) mass is 648 g/mol. The third-order valence-electron chi connectivity index (χ3n) is 8.41. The van der Waals surface area contributed by atoms with Crippen molar-refractivity contribution >= 4 is 45.4 Å². The summed E-state index contributed by atoms with van der Waals surface area (Å²) in [5.41, 5.74) is 13.9. The second kappa shape index (κ2) is 11.0. The first-order valence-electron chi connectivity index (χ1n) is 13.7. The van der Waals surface area contributed by atoms with E-state index >= 15 is 0 Å². The number of allylic oxidation sites excluding steroid dienone is 2. The van der Waals surface area contributed by atoms with Crippen LogP contribution in [0.25, 0.3) is 45.4 Å². The van der Waals surface area contributed by atoms with Gasteiger partial charge in [-0.25, -0.2) is 0 Å². The van der Waals surface area contributed by atoms with E-state index in [0.717, 1.165) is 0 Å². The van der Waals surface area contributed by atoms with Gasteiger partial charge in [0, 0.05) is 0 Å². The van der Waals surface area contributed by atoms with Gasteiger partial charge >= 0.3 is 242 Å². The van der Waals surface area contributed by atoms with Crippen LogP contribution in [-0.4, -0.2) is 9.13 Å². The minimum absolute atomic E-state index is 0. The maximum atomic E-state index is 2.57. The van der Waals surface area contributed by atoms with Crippen LogP contribution in [0, 0.1) is 13.8 Å². The van der Waals surface area contributed by atoms with Crippen molar-refractivity contribution in [2.75, 3.05) is 0 Å². The number of aromatic nitrogens is 2. The number of para-hydroxylation sites is 2. The van der Waals surface area contributed by atoms with Gasteiger partial charge in [0.2, 0.25) is 0 Å². The normalized spacial score (nSPS) is 16.8. The molecule has 0 N–H and O–H groups in total. The fourth-order valence-electron chi connectivity index (χ4n) is 6.75. The molecule has 2 aliphatic rings. The van der Waals surface area contributed by atoms with Crippen molar-refractivity contribution in [1.82, 2.24) is 9.13 Å². The number of fused-ring (bicyclic) bond motifs is 5. The zero-order valence-corrected chi connectivity index (χ0v) is 26.8. The Hall–Kier alpha value is -3.10. The molecule has 2 atom stereocenters. The van der Waals surface area contributed by atoms with Gasteiger partial charge in [-0.1, -0.05) is 0 Å². The number of hydrogen-bond acceptors (Lipinski definition) is 0. The number of halogens is 2. The third kappa shape index (κ3) is 4.42. The van der Waals surface area contributed by atoms with Crippen molar-refractivity contribution in [2.24, 2.45) is 0 Å². The number of benzene rings is 4. The van der Waals surface area contributed by atoms with E-state index in [0.29, 0.717) is 7.25 Å². The fourth-order valence-corrected chi connectivity index (χ4v) is 11.7. The molecule has 2 heterocycles. The van der Waals surface area contributed by atoms with E-state index in [4.69, 9.17) is 0 Å². The molecule has 0 amide bonds. The molecule has 2 aromatic heterocycles. The summed E-state index contributed by atoms with van der Waals surface area (Å²) < 4.78 is 5.96. The second-order valence-corrected chi connectivity index (χ2v) is 14.5. The Morgan fingerprint density at radius 2 is 1.07 bits per heavy atom. The molecule has 5 heteroatoms. The maximum Gasteiger partial charge on any atom is -1.00 e. The summed E-state index contributed by atoms with van der Waals surface area (Å²) in [5.74, 6) is 0. The van der Waals surface area contributed by atoms with Crippen molar-refractivity contribution in [2.45, 2.75) is 21.1 Å². The molecule has 2 unspecified atom stereocenters. The summed E-state index contributed by atoms with van der Waals surface area (Å²) in [7, 11) is 0. The molecule has 0 saturated carbocycles. The predicted octanol–water partition coefficient (Wildman–Crippen LogP) is 3.11. The molecule has 8 rings (SSSR count). The zero-order chi connectivity index (χ0) is 26.1. The van der Waals surface area contributed by atoms with Gasteiger partial charge in [0.25, 0.3) is 0 Å². The van der Waals surface area contributed by atoms with Gasteiger partial charge in [-0.2, -0.15) is 0 Å². The molecule has 0 radical (unpaired) electrons. The Morgan fingerprint density at radius 3 is 1.63 bits per heavy atom. The first-order valence-corrected chi connectivity index (χ1v) is 16.5. The summed E-state index contributed by atoms with van der Waals surface area (Å²) in [6.45, 7) is 4.45. The maximum absolute atomic E-state index is 2.57. The fraction of sp³-hybridized carbons (Fsp3) is 0.111. The molecule has 0 aliphatic heterocycles. The summed E-state index contributed by atoms with van der Waals surface area (Å²) >= 11 is -1.12. The van der Waals surface area contributed by atoms with Crippen molar-refractivity contribution < 1.29 is 48.0 Å². The number of nitrogens with zero attached hydrogens (tertiary/aromatic N) is 2. The molecule has 0 bridgehead atoms. The Labute approximate surface area is 264 Å². The Balaban J connectivity index is 0.00000151. The molecule has 0 fully saturated rings. The SMILES string of the molecule is Cc1cc(C)n(C2=Cc3ccccc3[CH]2[Zr+2][CH]2C(n3c4ccccc4c4ccccc43)=Cc3ccccc32)c1.[Cl-].[Cl-]. The molecule has 41 heavy (non-hydrogen) atoms. The molecule has 200 valence electrons. The number of rotatable bonds is 4. The number of aryl methyl sites for hydroxylation is 2. The minimum Gasteiger partial charge on any atom is -1.00 e. The standard InChI is InChI=1S/C21H14N.C15H14N.2ClH.Zr/c1-2-8-16-14-17(13-15(16)7-1)22-20-11-5-3-9-18(20)19-10-4-6-12-21(19)22;1-11-7-12(2)16(10-11)15-8-13-5-3-4-6-14(13)9-15;;;/h1-14H;3-10H,1-2H3;2*1H;/q;;;;+2/p-2. The third-order valence-corrected chi connectivity index (χ3v) is 13.0. The van der Waals surface area contributed by atoms with Crippen LogP contribution in [0.2, 0.25) is 0 Å². The van der Waals surface area contributed by atoms with Crippen LogP contribution >= 0.6 is 0 Å².